The lowest BCUT2D eigenvalue weighted by molar-refractivity contribution is 0.0950. The molecule has 0 aliphatic carbocycles. The van der Waals surface area contributed by atoms with E-state index in [1.807, 2.05) is 34.0 Å². The molecule has 100 valence electrons. The van der Waals surface area contributed by atoms with Crippen LogP contribution < -0.4 is 5.32 Å². The predicted octanol–water partition coefficient (Wildman–Crippen LogP) is 2.37. The second kappa shape index (κ2) is 6.88. The standard InChI is InChI=1S/C14H21ClN2O/c1-10-9-12(5-6-13(10)15)14(18)11(2)16-7-8-17(3)4/h5-6,9,11,16H,7-8H2,1-4H3. The number of carbonyl (C=O) groups excluding carboxylic acids is 1. The van der Waals surface area contributed by atoms with E-state index in [1.54, 1.807) is 12.1 Å². The molecule has 0 saturated heterocycles. The van der Waals surface area contributed by atoms with Crippen LogP contribution >= 0.6 is 11.6 Å². The first-order valence-electron chi connectivity index (χ1n) is 6.10. The van der Waals surface area contributed by atoms with Gasteiger partial charge in [0.15, 0.2) is 5.78 Å². The van der Waals surface area contributed by atoms with Crippen molar-refractivity contribution in [2.75, 3.05) is 27.2 Å². The molecule has 0 fully saturated rings. The molecular formula is C14H21ClN2O. The number of nitrogens with one attached hydrogen (secondary N) is 1. The lowest BCUT2D eigenvalue weighted by atomic mass is 10.0. The average molecular weight is 269 g/mol. The molecule has 0 saturated carbocycles. The zero-order valence-corrected chi connectivity index (χ0v) is 12.2. The van der Waals surface area contributed by atoms with Crippen LogP contribution in [0, 0.1) is 6.92 Å². The van der Waals surface area contributed by atoms with Crippen LogP contribution in [0.25, 0.3) is 0 Å². The molecule has 1 atom stereocenters. The van der Waals surface area contributed by atoms with Crippen molar-refractivity contribution in [1.82, 2.24) is 10.2 Å². The van der Waals surface area contributed by atoms with Crippen molar-refractivity contribution in [2.24, 2.45) is 0 Å². The first-order chi connectivity index (χ1) is 8.41. The van der Waals surface area contributed by atoms with Gasteiger partial charge in [0.25, 0.3) is 0 Å². The Morgan fingerprint density at radius 3 is 2.67 bits per heavy atom. The summed E-state index contributed by atoms with van der Waals surface area (Å²) in [4.78, 5) is 14.2. The van der Waals surface area contributed by atoms with Crippen molar-refractivity contribution in [3.8, 4) is 0 Å². The third-order valence-electron chi connectivity index (χ3n) is 2.85. The molecule has 18 heavy (non-hydrogen) atoms. The summed E-state index contributed by atoms with van der Waals surface area (Å²) in [7, 11) is 4.02. The Kier molecular flexibility index (Phi) is 5.79. The summed E-state index contributed by atoms with van der Waals surface area (Å²) in [5.74, 6) is 0.105. The second-order valence-electron chi connectivity index (χ2n) is 4.81. The minimum absolute atomic E-state index is 0.105. The van der Waals surface area contributed by atoms with E-state index in [0.717, 1.165) is 18.7 Å². The number of Topliss-reactive ketones (excluding diaryl/α,β-unsaturated/α-hetero) is 1. The molecule has 0 spiro atoms. The Morgan fingerprint density at radius 1 is 1.44 bits per heavy atom. The van der Waals surface area contributed by atoms with Gasteiger partial charge in [-0.05, 0) is 51.7 Å². The van der Waals surface area contributed by atoms with E-state index in [0.29, 0.717) is 10.6 Å². The zero-order valence-electron chi connectivity index (χ0n) is 11.5. The van der Waals surface area contributed by atoms with Gasteiger partial charge in [0.05, 0.1) is 6.04 Å². The molecular weight excluding hydrogens is 248 g/mol. The van der Waals surface area contributed by atoms with Crippen molar-refractivity contribution in [2.45, 2.75) is 19.9 Å². The van der Waals surface area contributed by atoms with Gasteiger partial charge in [-0.15, -0.1) is 0 Å². The van der Waals surface area contributed by atoms with Gasteiger partial charge >= 0.3 is 0 Å². The van der Waals surface area contributed by atoms with E-state index in [1.165, 1.54) is 0 Å². The Hall–Kier alpha value is -0.900. The molecule has 0 aliphatic heterocycles. The number of rotatable bonds is 6. The summed E-state index contributed by atoms with van der Waals surface area (Å²) >= 11 is 5.95. The third-order valence-corrected chi connectivity index (χ3v) is 3.27. The molecule has 1 unspecified atom stereocenters. The monoisotopic (exact) mass is 268 g/mol. The van der Waals surface area contributed by atoms with Gasteiger partial charge in [-0.25, -0.2) is 0 Å². The van der Waals surface area contributed by atoms with Gasteiger partial charge in [0.2, 0.25) is 0 Å². The van der Waals surface area contributed by atoms with Crippen molar-refractivity contribution < 1.29 is 4.79 Å². The maximum absolute atomic E-state index is 12.2. The summed E-state index contributed by atoms with van der Waals surface area (Å²) < 4.78 is 0. The molecule has 1 rings (SSSR count). The van der Waals surface area contributed by atoms with Crippen molar-refractivity contribution in [1.29, 1.82) is 0 Å². The first-order valence-corrected chi connectivity index (χ1v) is 6.48. The number of aryl methyl sites for hydroxylation is 1. The van der Waals surface area contributed by atoms with Crippen LogP contribution in [0.15, 0.2) is 18.2 Å². The minimum atomic E-state index is -0.175. The highest BCUT2D eigenvalue weighted by molar-refractivity contribution is 6.31. The average Bonchev–Trinajstić information content (AvgIpc) is 2.31. The lowest BCUT2D eigenvalue weighted by Crippen LogP contribution is -2.38. The number of benzene rings is 1. The number of carbonyl (C=O) groups is 1. The van der Waals surface area contributed by atoms with Gasteiger partial charge in [0, 0.05) is 23.7 Å². The number of likely N-dealkylation sites (N-methyl/N-ethyl adjacent to an activating group) is 1. The van der Waals surface area contributed by atoms with Crippen LogP contribution in [0.3, 0.4) is 0 Å². The Balaban J connectivity index is 2.60. The van der Waals surface area contributed by atoms with Crippen LogP contribution in [0.4, 0.5) is 0 Å². The zero-order chi connectivity index (χ0) is 13.7. The quantitative estimate of drug-likeness (QED) is 0.804. The number of ketones is 1. The molecule has 1 aromatic rings. The van der Waals surface area contributed by atoms with E-state index < -0.39 is 0 Å². The highest BCUT2D eigenvalue weighted by atomic mass is 35.5. The van der Waals surface area contributed by atoms with Crippen LogP contribution in [-0.4, -0.2) is 43.9 Å². The highest BCUT2D eigenvalue weighted by Gasteiger charge is 2.14. The van der Waals surface area contributed by atoms with Gasteiger partial charge in [-0.2, -0.15) is 0 Å². The number of hydrogen-bond acceptors (Lipinski definition) is 3. The van der Waals surface area contributed by atoms with Gasteiger partial charge in [-0.1, -0.05) is 11.6 Å². The molecule has 0 heterocycles. The fourth-order valence-corrected chi connectivity index (χ4v) is 1.76. The summed E-state index contributed by atoms with van der Waals surface area (Å²) in [5, 5.41) is 3.92. The van der Waals surface area contributed by atoms with Crippen molar-refractivity contribution in [3.05, 3.63) is 34.3 Å². The van der Waals surface area contributed by atoms with E-state index >= 15 is 0 Å². The van der Waals surface area contributed by atoms with Gasteiger partial charge in [0.1, 0.15) is 0 Å². The molecule has 0 aromatic heterocycles. The normalized spacial score (nSPS) is 12.8. The summed E-state index contributed by atoms with van der Waals surface area (Å²) in [6, 6.07) is 5.22. The molecule has 0 aliphatic rings. The van der Waals surface area contributed by atoms with Crippen molar-refractivity contribution in [3.63, 3.8) is 0 Å². The summed E-state index contributed by atoms with van der Waals surface area (Å²) in [6.07, 6.45) is 0. The maximum Gasteiger partial charge on any atom is 0.179 e. The van der Waals surface area contributed by atoms with Gasteiger partial charge < -0.3 is 10.2 Å². The second-order valence-corrected chi connectivity index (χ2v) is 5.21. The highest BCUT2D eigenvalue weighted by Crippen LogP contribution is 2.17. The lowest BCUT2D eigenvalue weighted by Gasteiger charge is -2.15. The summed E-state index contributed by atoms with van der Waals surface area (Å²) in [5.41, 5.74) is 1.64. The molecule has 3 nitrogen and oxygen atoms in total. The van der Waals surface area contributed by atoms with E-state index in [2.05, 4.69) is 10.2 Å². The topological polar surface area (TPSA) is 32.3 Å². The van der Waals surface area contributed by atoms with E-state index in [4.69, 9.17) is 11.6 Å². The number of halogens is 1. The van der Waals surface area contributed by atoms with Gasteiger partial charge in [-0.3, -0.25) is 4.79 Å². The number of nitrogens with zero attached hydrogens (tertiary/aromatic N) is 1. The molecule has 1 N–H and O–H groups in total. The fraction of sp³-hybridized carbons (Fsp3) is 0.500. The smallest absolute Gasteiger partial charge is 0.179 e. The van der Waals surface area contributed by atoms with Crippen molar-refractivity contribution >= 4 is 17.4 Å². The molecule has 1 aromatic carbocycles. The SMILES string of the molecule is Cc1cc(C(=O)C(C)NCCN(C)C)ccc1Cl. The molecule has 0 amide bonds. The molecule has 0 radical (unpaired) electrons. The van der Waals surface area contributed by atoms with E-state index in [-0.39, 0.29) is 11.8 Å². The van der Waals surface area contributed by atoms with Crippen LogP contribution in [0.2, 0.25) is 5.02 Å². The van der Waals surface area contributed by atoms with Crippen LogP contribution in [-0.2, 0) is 0 Å². The summed E-state index contributed by atoms with van der Waals surface area (Å²) in [6.45, 7) is 5.51. The fourth-order valence-electron chi connectivity index (χ4n) is 1.65. The first kappa shape index (κ1) is 15.2. The predicted molar refractivity (Wildman–Crippen MR) is 76.5 cm³/mol. The molecule has 0 bridgehead atoms. The third kappa shape index (κ3) is 4.41. The largest absolute Gasteiger partial charge is 0.308 e. The van der Waals surface area contributed by atoms with Crippen LogP contribution in [0.1, 0.15) is 22.8 Å². The Bertz CT molecular complexity index is 418. The Morgan fingerprint density at radius 2 is 2.11 bits per heavy atom. The van der Waals surface area contributed by atoms with E-state index in [9.17, 15) is 4.79 Å². The maximum atomic E-state index is 12.2. The van der Waals surface area contributed by atoms with Crippen LogP contribution in [0.5, 0.6) is 0 Å². The Labute approximate surface area is 114 Å². The number of hydrogen-bond donors (Lipinski definition) is 1. The molecule has 4 heteroatoms. The minimum Gasteiger partial charge on any atom is -0.308 e.